The van der Waals surface area contributed by atoms with Gasteiger partial charge in [-0.3, -0.25) is 15.0 Å². The number of rotatable bonds is 3. The van der Waals surface area contributed by atoms with Crippen LogP contribution in [0.4, 0.5) is 32.0 Å². The molecule has 34 heavy (non-hydrogen) atoms. The Kier molecular flexibility index (Phi) is 5.62. The molecule has 180 valence electrons. The number of nitrogens with one attached hydrogen (secondary N) is 2. The highest BCUT2D eigenvalue weighted by Crippen LogP contribution is 2.41. The van der Waals surface area contributed by atoms with Gasteiger partial charge < -0.3 is 5.32 Å². The SMILES string of the molecule is CN1NC(=O)C(C(=O)Nc2ccc(C(F)(F)F)cc2-c2cc(C(F)(F)F)ncn2)=CC12CCC2. The van der Waals surface area contributed by atoms with Gasteiger partial charge in [0.05, 0.1) is 22.5 Å². The number of alkyl halides is 6. The van der Waals surface area contributed by atoms with E-state index in [1.807, 2.05) is 0 Å². The number of benzene rings is 1. The number of hydrogen-bond donors (Lipinski definition) is 2. The number of amides is 2. The summed E-state index contributed by atoms with van der Waals surface area (Å²) in [5.74, 6) is -1.63. The molecule has 0 atom stereocenters. The highest BCUT2D eigenvalue weighted by atomic mass is 19.4. The molecule has 2 N–H and O–H groups in total. The maximum Gasteiger partial charge on any atom is 0.433 e. The number of aromatic nitrogens is 2. The van der Waals surface area contributed by atoms with E-state index in [0.29, 0.717) is 37.4 Å². The number of halogens is 6. The molecular weight excluding hydrogens is 468 g/mol. The third-order valence-electron chi connectivity index (χ3n) is 5.89. The van der Waals surface area contributed by atoms with Gasteiger partial charge in [0.2, 0.25) is 0 Å². The van der Waals surface area contributed by atoms with Gasteiger partial charge in [-0.05, 0) is 49.6 Å². The minimum absolute atomic E-state index is 0.248. The van der Waals surface area contributed by atoms with Gasteiger partial charge in [0.1, 0.15) is 17.6 Å². The number of hydrazine groups is 1. The summed E-state index contributed by atoms with van der Waals surface area (Å²) in [6.07, 6.45) is -5.34. The Bertz CT molecular complexity index is 1190. The van der Waals surface area contributed by atoms with Gasteiger partial charge in [-0.25, -0.2) is 15.0 Å². The van der Waals surface area contributed by atoms with Crippen LogP contribution in [0.1, 0.15) is 30.5 Å². The monoisotopic (exact) mass is 485 g/mol. The summed E-state index contributed by atoms with van der Waals surface area (Å²) >= 11 is 0. The molecule has 1 fully saturated rings. The van der Waals surface area contributed by atoms with Crippen molar-refractivity contribution in [1.82, 2.24) is 20.4 Å². The van der Waals surface area contributed by atoms with Crippen molar-refractivity contribution in [2.45, 2.75) is 37.2 Å². The molecule has 1 aliphatic carbocycles. The van der Waals surface area contributed by atoms with E-state index in [0.717, 1.165) is 12.5 Å². The van der Waals surface area contributed by atoms with Crippen LogP contribution in [0.2, 0.25) is 0 Å². The molecule has 0 saturated heterocycles. The van der Waals surface area contributed by atoms with E-state index in [4.69, 9.17) is 0 Å². The molecule has 13 heteroatoms. The van der Waals surface area contributed by atoms with Gasteiger partial charge in [-0.1, -0.05) is 0 Å². The fourth-order valence-electron chi connectivity index (χ4n) is 3.83. The van der Waals surface area contributed by atoms with E-state index < -0.39 is 52.2 Å². The van der Waals surface area contributed by atoms with Crippen LogP contribution in [0.15, 0.2) is 42.2 Å². The Morgan fingerprint density at radius 2 is 1.79 bits per heavy atom. The second-order valence-corrected chi connectivity index (χ2v) is 8.01. The minimum Gasteiger partial charge on any atom is -0.321 e. The molecule has 2 aromatic rings. The van der Waals surface area contributed by atoms with Gasteiger partial charge in [0.25, 0.3) is 11.8 Å². The van der Waals surface area contributed by atoms with Crippen LogP contribution < -0.4 is 10.7 Å². The fourth-order valence-corrected chi connectivity index (χ4v) is 3.83. The van der Waals surface area contributed by atoms with Gasteiger partial charge in [-0.15, -0.1) is 0 Å². The summed E-state index contributed by atoms with van der Waals surface area (Å²) in [5.41, 5.74) is -1.90. The number of likely N-dealkylation sites (N-methyl/N-ethyl adjacent to an activating group) is 1. The Labute approximate surface area is 188 Å². The maximum atomic E-state index is 13.3. The van der Waals surface area contributed by atoms with Crippen molar-refractivity contribution < 1.29 is 35.9 Å². The largest absolute Gasteiger partial charge is 0.433 e. The van der Waals surface area contributed by atoms with E-state index in [2.05, 4.69) is 20.7 Å². The molecule has 1 aliphatic heterocycles. The smallest absolute Gasteiger partial charge is 0.321 e. The van der Waals surface area contributed by atoms with Crippen molar-refractivity contribution in [1.29, 1.82) is 0 Å². The quantitative estimate of drug-likeness (QED) is 0.508. The Balaban J connectivity index is 1.75. The normalized spacial score (nSPS) is 18.2. The van der Waals surface area contributed by atoms with Gasteiger partial charge in [-0.2, -0.15) is 26.3 Å². The summed E-state index contributed by atoms with van der Waals surface area (Å²) in [7, 11) is 1.66. The summed E-state index contributed by atoms with van der Waals surface area (Å²) in [6, 6.07) is 2.63. The van der Waals surface area contributed by atoms with Crippen LogP contribution in [-0.2, 0) is 21.9 Å². The zero-order valence-corrected chi connectivity index (χ0v) is 17.5. The van der Waals surface area contributed by atoms with Crippen molar-refractivity contribution >= 4 is 17.5 Å². The third-order valence-corrected chi connectivity index (χ3v) is 5.89. The predicted octanol–water partition coefficient (Wildman–Crippen LogP) is 3.95. The number of carbonyl (C=O) groups excluding carboxylic acids is 2. The maximum absolute atomic E-state index is 13.3. The predicted molar refractivity (Wildman–Crippen MR) is 107 cm³/mol. The third kappa shape index (κ3) is 4.34. The molecule has 2 aliphatic rings. The average molecular weight is 485 g/mol. The summed E-state index contributed by atoms with van der Waals surface area (Å²) < 4.78 is 79.2. The van der Waals surface area contributed by atoms with Crippen LogP contribution in [0.3, 0.4) is 0 Å². The molecule has 1 aromatic heterocycles. The molecule has 0 radical (unpaired) electrons. The second kappa shape index (κ2) is 8.08. The number of carbonyl (C=O) groups is 2. The van der Waals surface area contributed by atoms with Crippen LogP contribution in [0.5, 0.6) is 0 Å². The minimum atomic E-state index is -4.86. The molecule has 4 rings (SSSR count). The summed E-state index contributed by atoms with van der Waals surface area (Å²) in [6.45, 7) is 0. The zero-order valence-electron chi connectivity index (χ0n) is 17.5. The second-order valence-electron chi connectivity index (χ2n) is 8.01. The molecule has 2 heterocycles. The van der Waals surface area contributed by atoms with E-state index in [-0.39, 0.29) is 11.3 Å². The van der Waals surface area contributed by atoms with Crippen molar-refractivity contribution in [2.24, 2.45) is 0 Å². The highest BCUT2D eigenvalue weighted by molar-refractivity contribution is 6.23. The highest BCUT2D eigenvalue weighted by Gasteiger charge is 2.45. The van der Waals surface area contributed by atoms with Gasteiger partial charge in [0, 0.05) is 12.6 Å². The molecule has 0 bridgehead atoms. The lowest BCUT2D eigenvalue weighted by molar-refractivity contribution is -0.141. The first-order valence-electron chi connectivity index (χ1n) is 10.0. The fraction of sp³-hybridized carbons (Fsp3) is 0.333. The summed E-state index contributed by atoms with van der Waals surface area (Å²) in [5, 5.41) is 3.95. The average Bonchev–Trinajstić information content (AvgIpc) is 2.71. The number of anilines is 1. The molecule has 7 nitrogen and oxygen atoms in total. The molecule has 0 unspecified atom stereocenters. The van der Waals surface area contributed by atoms with E-state index in [1.54, 1.807) is 12.1 Å². The van der Waals surface area contributed by atoms with Crippen LogP contribution in [-0.4, -0.2) is 39.4 Å². The lowest BCUT2D eigenvalue weighted by atomic mass is 9.74. The molecule has 1 spiro atoms. The zero-order chi connectivity index (χ0) is 24.9. The standard InChI is InChI=1S/C21H17F6N5O2/c1-32-19(5-2-6-19)9-13(18(34)31-32)17(33)30-14-4-3-11(20(22,23)24)7-12(14)15-8-16(21(25,26)27)29-10-28-15/h3-4,7-10H,2,5-6H2,1H3,(H,30,33)(H,31,34). The van der Waals surface area contributed by atoms with Crippen molar-refractivity contribution in [3.8, 4) is 11.3 Å². The van der Waals surface area contributed by atoms with E-state index >= 15 is 0 Å². The van der Waals surface area contributed by atoms with Gasteiger partial charge >= 0.3 is 12.4 Å². The summed E-state index contributed by atoms with van der Waals surface area (Å²) in [4.78, 5) is 32.1. The van der Waals surface area contributed by atoms with Crippen LogP contribution in [0, 0.1) is 0 Å². The Morgan fingerprint density at radius 3 is 2.38 bits per heavy atom. The van der Waals surface area contributed by atoms with E-state index in [9.17, 15) is 35.9 Å². The molecule has 1 aromatic carbocycles. The lowest BCUT2D eigenvalue weighted by Gasteiger charge is -2.48. The van der Waals surface area contributed by atoms with Gasteiger partial charge in [0.15, 0.2) is 0 Å². The first-order chi connectivity index (χ1) is 15.8. The molecule has 2 amide bonds. The molecular formula is C21H17F6N5O2. The van der Waals surface area contributed by atoms with Crippen molar-refractivity contribution in [2.75, 3.05) is 12.4 Å². The van der Waals surface area contributed by atoms with E-state index in [1.165, 1.54) is 6.08 Å². The Hall–Kier alpha value is -3.48. The van der Waals surface area contributed by atoms with Crippen molar-refractivity contribution in [3.05, 3.63) is 53.5 Å². The first-order valence-corrected chi connectivity index (χ1v) is 10.0. The van der Waals surface area contributed by atoms with Crippen LogP contribution in [0.25, 0.3) is 11.3 Å². The first kappa shape index (κ1) is 23.7. The lowest BCUT2D eigenvalue weighted by Crippen LogP contribution is -2.62. The Morgan fingerprint density at radius 1 is 1.09 bits per heavy atom. The topological polar surface area (TPSA) is 87.2 Å². The van der Waals surface area contributed by atoms with Crippen molar-refractivity contribution in [3.63, 3.8) is 0 Å². The number of nitrogens with zero attached hydrogens (tertiary/aromatic N) is 3. The van der Waals surface area contributed by atoms with Crippen LogP contribution >= 0.6 is 0 Å². The molecule has 1 saturated carbocycles. The number of hydrogen-bond acceptors (Lipinski definition) is 5.